The number of rotatable bonds is 3. The van der Waals surface area contributed by atoms with Crippen molar-refractivity contribution >= 4 is 33.2 Å². The van der Waals surface area contributed by atoms with Crippen molar-refractivity contribution < 1.29 is 13.5 Å². The van der Waals surface area contributed by atoms with Crippen LogP contribution < -0.4 is 5.32 Å². The zero-order chi connectivity index (χ0) is 20.9. The van der Waals surface area contributed by atoms with Crippen molar-refractivity contribution in [2.24, 2.45) is 4.99 Å². The van der Waals surface area contributed by atoms with E-state index in [9.17, 15) is 13.5 Å². The minimum atomic E-state index is -3.14. The van der Waals surface area contributed by atoms with E-state index in [2.05, 4.69) is 19.9 Å². The molecule has 1 unspecified atom stereocenters. The SMILES string of the molecule is CS(=O)(=O)N1CCC(Nc2ncc3cc4n(c3n2)C2(C=NC4O)CCCCC2)CC1. The Labute approximate surface area is 176 Å². The molecule has 0 amide bonds. The number of nitrogens with zero attached hydrogens (tertiary/aromatic N) is 5. The minimum Gasteiger partial charge on any atom is -0.367 e. The summed E-state index contributed by atoms with van der Waals surface area (Å²) in [6.07, 6.45) is 11.0. The third-order valence-electron chi connectivity index (χ3n) is 6.71. The van der Waals surface area contributed by atoms with E-state index in [0.717, 1.165) is 55.3 Å². The van der Waals surface area contributed by atoms with E-state index in [-0.39, 0.29) is 11.6 Å². The highest BCUT2D eigenvalue weighted by Gasteiger charge is 2.39. The highest BCUT2D eigenvalue weighted by atomic mass is 32.2. The molecule has 0 bridgehead atoms. The van der Waals surface area contributed by atoms with Gasteiger partial charge in [0.05, 0.1) is 17.5 Å². The van der Waals surface area contributed by atoms with Gasteiger partial charge in [0.2, 0.25) is 16.0 Å². The van der Waals surface area contributed by atoms with E-state index in [1.165, 1.54) is 17.0 Å². The van der Waals surface area contributed by atoms with Crippen LogP contribution in [0.2, 0.25) is 0 Å². The highest BCUT2D eigenvalue weighted by molar-refractivity contribution is 7.88. The molecule has 1 spiro atoms. The van der Waals surface area contributed by atoms with Crippen LogP contribution in [0.3, 0.4) is 0 Å². The maximum absolute atomic E-state index is 11.7. The van der Waals surface area contributed by atoms with Gasteiger partial charge in [-0.1, -0.05) is 19.3 Å². The van der Waals surface area contributed by atoms with Gasteiger partial charge in [-0.15, -0.1) is 0 Å². The van der Waals surface area contributed by atoms with Crippen LogP contribution in [-0.4, -0.2) is 64.0 Å². The summed E-state index contributed by atoms with van der Waals surface area (Å²) in [6, 6.07) is 2.08. The second kappa shape index (κ2) is 7.28. The molecule has 4 heterocycles. The van der Waals surface area contributed by atoms with Crippen molar-refractivity contribution in [3.05, 3.63) is 18.0 Å². The van der Waals surface area contributed by atoms with Crippen LogP contribution in [-0.2, 0) is 15.6 Å². The van der Waals surface area contributed by atoms with Crippen LogP contribution in [0.15, 0.2) is 17.3 Å². The topological polar surface area (TPSA) is 113 Å². The van der Waals surface area contributed by atoms with Gasteiger partial charge >= 0.3 is 0 Å². The molecule has 1 atom stereocenters. The number of nitrogens with one attached hydrogen (secondary N) is 1. The lowest BCUT2D eigenvalue weighted by Gasteiger charge is -2.40. The number of aromatic nitrogens is 3. The van der Waals surface area contributed by atoms with Crippen LogP contribution in [0.4, 0.5) is 5.95 Å². The third-order valence-corrected chi connectivity index (χ3v) is 8.01. The fraction of sp³-hybridized carbons (Fsp3) is 0.650. The molecule has 162 valence electrons. The van der Waals surface area contributed by atoms with E-state index < -0.39 is 16.3 Å². The van der Waals surface area contributed by atoms with Gasteiger partial charge < -0.3 is 15.0 Å². The number of hydrogen-bond donors (Lipinski definition) is 2. The Morgan fingerprint density at radius 3 is 2.63 bits per heavy atom. The monoisotopic (exact) mass is 432 g/mol. The molecule has 1 aliphatic carbocycles. The summed E-state index contributed by atoms with van der Waals surface area (Å²) >= 11 is 0. The highest BCUT2D eigenvalue weighted by Crippen LogP contribution is 2.42. The lowest BCUT2D eigenvalue weighted by Crippen LogP contribution is -2.42. The Bertz CT molecular complexity index is 1080. The number of hydrogen-bond acceptors (Lipinski definition) is 7. The molecule has 2 aromatic rings. The number of aliphatic imine (C=N–C) groups is 1. The van der Waals surface area contributed by atoms with E-state index in [0.29, 0.717) is 19.0 Å². The smallest absolute Gasteiger partial charge is 0.224 e. The average Bonchev–Trinajstić information content (AvgIpc) is 3.12. The van der Waals surface area contributed by atoms with Crippen molar-refractivity contribution in [2.75, 3.05) is 24.7 Å². The molecule has 2 N–H and O–H groups in total. The summed E-state index contributed by atoms with van der Waals surface area (Å²) < 4.78 is 27.1. The summed E-state index contributed by atoms with van der Waals surface area (Å²) in [4.78, 5) is 13.7. The van der Waals surface area contributed by atoms with Gasteiger partial charge in [0.1, 0.15) is 5.65 Å². The Hall–Kier alpha value is -2.04. The van der Waals surface area contributed by atoms with Gasteiger partial charge in [0, 0.05) is 36.9 Å². The summed E-state index contributed by atoms with van der Waals surface area (Å²) in [5, 5.41) is 14.8. The van der Waals surface area contributed by atoms with Crippen LogP contribution in [0.1, 0.15) is 56.9 Å². The maximum Gasteiger partial charge on any atom is 0.224 e. The lowest BCUT2D eigenvalue weighted by molar-refractivity contribution is 0.154. The standard InChI is InChI=1S/C20H28N6O3S/c1-30(28,29)25-9-5-15(6-10-25)23-19-21-12-14-11-16-18(27)22-13-20(7-3-2-4-8-20)26(16)17(14)24-19/h11-13,15,18,27H,2-10H2,1H3,(H,21,23,24). The number of fused-ring (bicyclic) bond motifs is 4. The first kappa shape index (κ1) is 19.9. The molecule has 1 saturated carbocycles. The predicted molar refractivity (Wildman–Crippen MR) is 115 cm³/mol. The largest absolute Gasteiger partial charge is 0.367 e. The number of aliphatic hydroxyl groups excluding tert-OH is 1. The Kier molecular flexibility index (Phi) is 4.83. The molecule has 0 aromatic carbocycles. The molecule has 9 nitrogen and oxygen atoms in total. The molecule has 2 aliphatic heterocycles. The lowest BCUT2D eigenvalue weighted by atomic mass is 9.81. The molecule has 2 aromatic heterocycles. The van der Waals surface area contributed by atoms with Crippen LogP contribution in [0.25, 0.3) is 11.0 Å². The van der Waals surface area contributed by atoms with Gasteiger partial charge in [-0.25, -0.2) is 17.7 Å². The molecule has 5 rings (SSSR count). The summed E-state index contributed by atoms with van der Waals surface area (Å²) in [6.45, 7) is 1.01. The molecular formula is C20H28N6O3S. The van der Waals surface area contributed by atoms with Gasteiger partial charge in [-0.3, -0.25) is 4.99 Å². The number of sulfonamides is 1. The Morgan fingerprint density at radius 2 is 1.93 bits per heavy atom. The second-order valence-electron chi connectivity index (χ2n) is 8.77. The van der Waals surface area contributed by atoms with Crippen LogP contribution in [0.5, 0.6) is 0 Å². The second-order valence-corrected chi connectivity index (χ2v) is 10.8. The number of piperidine rings is 1. The van der Waals surface area contributed by atoms with Gasteiger partial charge in [-0.05, 0) is 31.7 Å². The molecule has 10 heteroatoms. The average molecular weight is 433 g/mol. The van der Waals surface area contributed by atoms with Gasteiger partial charge in [0.25, 0.3) is 0 Å². The minimum absolute atomic E-state index is 0.132. The first-order valence-corrected chi connectivity index (χ1v) is 12.5. The quantitative estimate of drug-likeness (QED) is 0.767. The third kappa shape index (κ3) is 3.40. The van der Waals surface area contributed by atoms with Gasteiger partial charge in [-0.2, -0.15) is 4.98 Å². The van der Waals surface area contributed by atoms with Crippen LogP contribution in [0, 0.1) is 0 Å². The molecule has 0 radical (unpaired) electrons. The first-order valence-electron chi connectivity index (χ1n) is 10.7. The molecule has 2 fully saturated rings. The normalized spacial score (nSPS) is 24.9. The molecule has 30 heavy (non-hydrogen) atoms. The summed E-state index contributed by atoms with van der Waals surface area (Å²) in [5.41, 5.74) is 1.38. The summed E-state index contributed by atoms with van der Waals surface area (Å²) in [5.74, 6) is 0.546. The fourth-order valence-corrected chi connectivity index (χ4v) is 5.99. The molecule has 1 saturated heterocycles. The maximum atomic E-state index is 11.7. The van der Waals surface area contributed by atoms with Crippen molar-refractivity contribution in [2.45, 2.75) is 62.8 Å². The van der Waals surface area contributed by atoms with E-state index in [1.807, 2.05) is 12.3 Å². The number of aliphatic hydroxyl groups is 1. The Morgan fingerprint density at radius 1 is 1.20 bits per heavy atom. The van der Waals surface area contributed by atoms with Crippen molar-refractivity contribution in [1.29, 1.82) is 0 Å². The summed E-state index contributed by atoms with van der Waals surface area (Å²) in [7, 11) is -3.14. The predicted octanol–water partition coefficient (Wildman–Crippen LogP) is 2.00. The van der Waals surface area contributed by atoms with Crippen LogP contribution >= 0.6 is 0 Å². The van der Waals surface area contributed by atoms with E-state index >= 15 is 0 Å². The molecule has 3 aliphatic rings. The van der Waals surface area contributed by atoms with Crippen molar-refractivity contribution in [3.8, 4) is 0 Å². The number of anilines is 1. The Balaban J connectivity index is 1.44. The molecular weight excluding hydrogens is 404 g/mol. The fourth-order valence-electron chi connectivity index (χ4n) is 5.11. The van der Waals surface area contributed by atoms with Crippen molar-refractivity contribution in [3.63, 3.8) is 0 Å². The van der Waals surface area contributed by atoms with E-state index in [4.69, 9.17) is 4.98 Å². The zero-order valence-electron chi connectivity index (χ0n) is 17.2. The van der Waals surface area contributed by atoms with E-state index in [1.54, 1.807) is 6.20 Å². The van der Waals surface area contributed by atoms with Gasteiger partial charge in [0.15, 0.2) is 6.23 Å². The zero-order valence-corrected chi connectivity index (χ0v) is 18.0. The first-order chi connectivity index (χ1) is 14.4. The van der Waals surface area contributed by atoms with Crippen molar-refractivity contribution in [1.82, 2.24) is 18.8 Å².